The number of benzene rings is 1. The molecule has 1 aromatic rings. The van der Waals surface area contributed by atoms with Crippen molar-refractivity contribution in [2.45, 2.75) is 251 Å². The minimum atomic E-state index is -1.89. The Hall–Kier alpha value is -2.37. The molecule has 8 aliphatic rings. The van der Waals surface area contributed by atoms with Gasteiger partial charge in [0.25, 0.3) is 0 Å². The Morgan fingerprint density at radius 1 is 0.684 bits per heavy atom. The van der Waals surface area contributed by atoms with Gasteiger partial charge in [0, 0.05) is 40.2 Å². The lowest BCUT2D eigenvalue weighted by molar-refractivity contribution is -0.373. The molecule has 28 unspecified atom stereocenters. The number of carbonyl (C=O) groups excluding carboxylic acids is 1. The monoisotopic (exact) mass is 1120 g/mol. The smallest absolute Gasteiger partial charge is 0.331 e. The van der Waals surface area contributed by atoms with Crippen LogP contribution in [0.1, 0.15) is 111 Å². The molecule has 4 heterocycles. The number of hydrogen-bond acceptors (Lipinski definition) is 22. The molecule has 22 heteroatoms. The molecule has 4 saturated carbocycles. The molecule has 448 valence electrons. The second kappa shape index (κ2) is 23.9. The molecular formula is C57H88O22. The Kier molecular flexibility index (Phi) is 18.6. The second-order valence-corrected chi connectivity index (χ2v) is 24.3. The predicted molar refractivity (Wildman–Crippen MR) is 276 cm³/mol. The van der Waals surface area contributed by atoms with Crippen molar-refractivity contribution >= 4 is 12.0 Å². The van der Waals surface area contributed by atoms with Crippen molar-refractivity contribution in [3.8, 4) is 0 Å². The van der Waals surface area contributed by atoms with Gasteiger partial charge in [0.15, 0.2) is 25.2 Å². The van der Waals surface area contributed by atoms with Crippen LogP contribution in [0.2, 0.25) is 0 Å². The van der Waals surface area contributed by atoms with Crippen LogP contribution in [0.15, 0.2) is 36.4 Å². The predicted octanol–water partition coefficient (Wildman–Crippen LogP) is 1.37. The van der Waals surface area contributed by atoms with Crippen LogP contribution >= 0.6 is 0 Å². The first-order valence-corrected chi connectivity index (χ1v) is 28.4. The van der Waals surface area contributed by atoms with Crippen molar-refractivity contribution in [2.24, 2.45) is 22.7 Å². The van der Waals surface area contributed by atoms with Crippen LogP contribution in [0.25, 0.3) is 6.08 Å². The van der Waals surface area contributed by atoms with Crippen molar-refractivity contribution in [2.75, 3.05) is 27.9 Å². The molecule has 8 fully saturated rings. The molecule has 0 bridgehead atoms. The number of rotatable bonds is 16. The molecular weight excluding hydrogens is 1040 g/mol. The number of hydrogen-bond donors (Lipinski definition) is 9. The van der Waals surface area contributed by atoms with Crippen LogP contribution in [0, 0.1) is 22.7 Å². The average Bonchev–Trinajstić information content (AvgIpc) is 2.39. The van der Waals surface area contributed by atoms with Crippen molar-refractivity contribution in [3.63, 3.8) is 0 Å². The first-order chi connectivity index (χ1) is 37.4. The van der Waals surface area contributed by atoms with Crippen LogP contribution in [0.3, 0.4) is 0 Å². The van der Waals surface area contributed by atoms with Gasteiger partial charge in [-0.25, -0.2) is 4.79 Å². The summed E-state index contributed by atoms with van der Waals surface area (Å²) in [5, 5.41) is 102. The zero-order valence-corrected chi connectivity index (χ0v) is 46.9. The van der Waals surface area contributed by atoms with Gasteiger partial charge in [0.05, 0.1) is 60.4 Å². The lowest BCUT2D eigenvalue weighted by Crippen LogP contribution is -2.79. The van der Waals surface area contributed by atoms with Crippen LogP contribution < -0.4 is 0 Å². The Morgan fingerprint density at radius 3 is 1.91 bits per heavy atom. The van der Waals surface area contributed by atoms with Crippen molar-refractivity contribution in [1.82, 2.24) is 0 Å². The minimum Gasteiger partial charge on any atom is -0.458 e. The van der Waals surface area contributed by atoms with Crippen molar-refractivity contribution < 1.29 is 108 Å². The standard InChI is InChI=1S/C57H88O22/c1-28-47(77-42-25-36(69-8)48(29(2)72-42)78-52-46(64)50(70-9)49(30(3)73-52)79-51-45(63)44(62)43(61)37(27-58)75-51)35(68-7)24-41(71-28)74-34-18-19-53(5)33(23-34)17-20-56(66)38(53)26-39(76-40(60)16-15-32-13-11-10-12-14-32)54(6)55(65,31(4)59)21-22-57(54,56)67/h10-16,28-31,33-39,41-52,58-59,61-67H,17-27H2,1-9H3. The Balaban J connectivity index is 0.807. The fourth-order valence-corrected chi connectivity index (χ4v) is 15.6. The maximum Gasteiger partial charge on any atom is 0.331 e. The topological polar surface area (TPSA) is 310 Å². The van der Waals surface area contributed by atoms with Gasteiger partial charge in [-0.05, 0) is 108 Å². The van der Waals surface area contributed by atoms with Gasteiger partial charge in [0.2, 0.25) is 0 Å². The minimum absolute atomic E-state index is 0.0142. The zero-order valence-electron chi connectivity index (χ0n) is 46.9. The van der Waals surface area contributed by atoms with E-state index < -0.39 is 169 Å². The third-order valence-corrected chi connectivity index (χ3v) is 20.3. The first-order valence-electron chi connectivity index (χ1n) is 28.4. The quantitative estimate of drug-likeness (QED) is 0.0641. The van der Waals surface area contributed by atoms with E-state index in [0.29, 0.717) is 32.1 Å². The van der Waals surface area contributed by atoms with Crippen LogP contribution in [-0.2, 0) is 61.6 Å². The molecule has 28 atom stereocenters. The summed E-state index contributed by atoms with van der Waals surface area (Å²) in [7, 11) is 4.51. The van der Waals surface area contributed by atoms with E-state index in [1.165, 1.54) is 27.2 Å². The van der Waals surface area contributed by atoms with Gasteiger partial charge >= 0.3 is 5.97 Å². The summed E-state index contributed by atoms with van der Waals surface area (Å²) in [6.07, 6.45) is -14.2. The van der Waals surface area contributed by atoms with Crippen LogP contribution in [0.5, 0.6) is 0 Å². The Labute approximate surface area is 462 Å². The highest BCUT2D eigenvalue weighted by molar-refractivity contribution is 5.87. The molecule has 0 amide bonds. The lowest BCUT2D eigenvalue weighted by Gasteiger charge is -2.69. The van der Waals surface area contributed by atoms with Crippen LogP contribution in [-0.4, -0.2) is 226 Å². The van der Waals surface area contributed by atoms with Crippen LogP contribution in [0.4, 0.5) is 0 Å². The van der Waals surface area contributed by atoms with E-state index in [2.05, 4.69) is 6.92 Å². The molecule has 4 aliphatic carbocycles. The summed E-state index contributed by atoms with van der Waals surface area (Å²) in [5.74, 6) is -1.10. The van der Waals surface area contributed by atoms with Gasteiger partial charge in [-0.1, -0.05) is 44.2 Å². The van der Waals surface area contributed by atoms with Crippen molar-refractivity contribution in [3.05, 3.63) is 42.0 Å². The highest BCUT2D eigenvalue weighted by Gasteiger charge is 2.81. The van der Waals surface area contributed by atoms with E-state index in [-0.39, 0.29) is 44.1 Å². The van der Waals surface area contributed by atoms with Gasteiger partial charge < -0.3 is 103 Å². The number of esters is 1. The fourth-order valence-electron chi connectivity index (χ4n) is 15.6. The molecule has 4 aliphatic heterocycles. The maximum absolute atomic E-state index is 13.7. The fraction of sp³-hybridized carbons (Fsp3) is 0.842. The van der Waals surface area contributed by atoms with Gasteiger partial charge in [-0.3, -0.25) is 0 Å². The summed E-state index contributed by atoms with van der Waals surface area (Å²) in [4.78, 5) is 13.7. The third kappa shape index (κ3) is 10.8. The van der Waals surface area contributed by atoms with E-state index in [1.807, 2.05) is 37.3 Å². The SMILES string of the molecule is COC1CC(OC2CCC3(C)C(CCC4(O)C3CC(OC(=O)C=Cc3ccccc3)C3(C)C(O)(C(C)O)CCC43O)C2)OC(C)C1OC1CC(OC)C(OC2OC(C)C(OC3OC(CO)C(O)C(O)C3O)C(OC)C2O)C(C)O1. The van der Waals surface area contributed by atoms with E-state index >= 15 is 0 Å². The molecule has 4 saturated heterocycles. The number of methoxy groups -OCH3 is 3. The van der Waals surface area contributed by atoms with E-state index in [4.69, 9.17) is 56.8 Å². The van der Waals surface area contributed by atoms with Gasteiger partial charge in [-0.15, -0.1) is 0 Å². The van der Waals surface area contributed by atoms with E-state index in [0.717, 1.165) is 5.56 Å². The molecule has 79 heavy (non-hydrogen) atoms. The molecule has 0 spiro atoms. The molecule has 9 N–H and O–H groups in total. The Bertz CT molecular complexity index is 2230. The normalized spacial score (nSPS) is 50.6. The largest absolute Gasteiger partial charge is 0.458 e. The number of carbonyl (C=O) groups is 1. The summed E-state index contributed by atoms with van der Waals surface area (Å²) in [6.45, 7) is 9.99. The van der Waals surface area contributed by atoms with E-state index in [9.17, 15) is 50.8 Å². The second-order valence-electron chi connectivity index (χ2n) is 24.3. The van der Waals surface area contributed by atoms with Gasteiger partial charge in [-0.2, -0.15) is 0 Å². The maximum atomic E-state index is 13.7. The number of ether oxygens (including phenoxy) is 12. The molecule has 0 aromatic heterocycles. The number of aliphatic hydroxyl groups is 9. The molecule has 9 rings (SSSR count). The summed E-state index contributed by atoms with van der Waals surface area (Å²) < 4.78 is 74.3. The molecule has 0 radical (unpaired) electrons. The van der Waals surface area contributed by atoms with Gasteiger partial charge in [0.1, 0.15) is 72.2 Å². The summed E-state index contributed by atoms with van der Waals surface area (Å²) >= 11 is 0. The molecule has 22 nitrogen and oxygen atoms in total. The third-order valence-electron chi connectivity index (χ3n) is 20.3. The first kappa shape index (κ1) is 61.2. The van der Waals surface area contributed by atoms with E-state index in [1.54, 1.807) is 34.0 Å². The summed E-state index contributed by atoms with van der Waals surface area (Å²) in [5.41, 5.74) is -6.71. The number of aliphatic hydroxyl groups excluding tert-OH is 6. The highest BCUT2D eigenvalue weighted by atomic mass is 16.8. The molecule has 1 aromatic carbocycles. The highest BCUT2D eigenvalue weighted by Crippen LogP contribution is 2.72. The zero-order chi connectivity index (χ0) is 57.1. The van der Waals surface area contributed by atoms with Crippen molar-refractivity contribution in [1.29, 1.82) is 0 Å². The number of fused-ring (bicyclic) bond motifs is 5. The average molecular weight is 1130 g/mol. The summed E-state index contributed by atoms with van der Waals surface area (Å²) in [6, 6.07) is 9.31. The Morgan fingerprint density at radius 2 is 1.29 bits per heavy atom. The lowest BCUT2D eigenvalue weighted by atomic mass is 9.40.